The van der Waals surface area contributed by atoms with Crippen molar-refractivity contribution < 1.29 is 21.6 Å². The Labute approximate surface area is 111 Å². The number of benzene rings is 1. The van der Waals surface area contributed by atoms with Gasteiger partial charge in [-0.15, -0.1) is 0 Å². The molecular formula is C9H9ClF3NO2S2. The number of alkyl halides is 3. The first-order chi connectivity index (χ1) is 8.12. The molecule has 0 saturated carbocycles. The highest BCUT2D eigenvalue weighted by Crippen LogP contribution is 2.31. The van der Waals surface area contributed by atoms with Gasteiger partial charge >= 0.3 is 5.51 Å². The third-order valence-electron chi connectivity index (χ3n) is 1.93. The lowest BCUT2D eigenvalue weighted by atomic mass is 10.3. The average molecular weight is 320 g/mol. The summed E-state index contributed by atoms with van der Waals surface area (Å²) in [6, 6.07) is 3.83. The van der Waals surface area contributed by atoms with Crippen LogP contribution in [0.15, 0.2) is 23.1 Å². The molecule has 0 saturated heterocycles. The molecule has 0 amide bonds. The summed E-state index contributed by atoms with van der Waals surface area (Å²) in [5.74, 6) is -1.24. The summed E-state index contributed by atoms with van der Waals surface area (Å²) in [4.78, 5) is -0.238. The van der Waals surface area contributed by atoms with Gasteiger partial charge in [-0.25, -0.2) is 8.42 Å². The molecule has 0 fully saturated rings. The Balaban J connectivity index is 2.84. The molecule has 102 valence electrons. The van der Waals surface area contributed by atoms with Gasteiger partial charge in [0.25, 0.3) is 0 Å². The molecule has 0 radical (unpaired) electrons. The first-order valence-electron chi connectivity index (χ1n) is 4.60. The third-order valence-corrected chi connectivity index (χ3v) is 4.92. The van der Waals surface area contributed by atoms with Gasteiger partial charge in [0.05, 0.1) is 16.3 Å². The van der Waals surface area contributed by atoms with Crippen LogP contribution in [-0.4, -0.2) is 25.4 Å². The van der Waals surface area contributed by atoms with E-state index in [9.17, 15) is 21.6 Å². The molecule has 0 aliphatic heterocycles. The fourth-order valence-corrected chi connectivity index (χ4v) is 3.79. The van der Waals surface area contributed by atoms with Gasteiger partial charge in [0.1, 0.15) is 0 Å². The van der Waals surface area contributed by atoms with E-state index in [4.69, 9.17) is 17.3 Å². The Morgan fingerprint density at radius 2 is 1.94 bits per heavy atom. The number of nitrogen functional groups attached to an aromatic ring is 1. The van der Waals surface area contributed by atoms with Gasteiger partial charge in [-0.3, -0.25) is 0 Å². The number of hydrogen-bond acceptors (Lipinski definition) is 4. The Bertz CT molecular complexity index is 531. The van der Waals surface area contributed by atoms with E-state index in [-0.39, 0.29) is 27.4 Å². The van der Waals surface area contributed by atoms with E-state index in [0.717, 1.165) is 6.07 Å². The number of rotatable bonds is 4. The van der Waals surface area contributed by atoms with Crippen LogP contribution in [0.4, 0.5) is 18.9 Å². The summed E-state index contributed by atoms with van der Waals surface area (Å²) in [5, 5.41) is 0.159. The minimum absolute atomic E-state index is 0.0311. The topological polar surface area (TPSA) is 60.2 Å². The second-order valence-corrected chi connectivity index (χ2v) is 6.97. The number of anilines is 1. The number of hydrogen-bond donors (Lipinski definition) is 1. The van der Waals surface area contributed by atoms with Crippen molar-refractivity contribution in [3.8, 4) is 0 Å². The van der Waals surface area contributed by atoms with E-state index in [1.807, 2.05) is 0 Å². The Hall–Kier alpha value is -0.600. The third kappa shape index (κ3) is 4.58. The molecule has 3 nitrogen and oxygen atoms in total. The van der Waals surface area contributed by atoms with E-state index in [1.54, 1.807) is 0 Å². The summed E-state index contributed by atoms with van der Waals surface area (Å²) in [7, 11) is -3.87. The number of halogens is 4. The van der Waals surface area contributed by atoms with E-state index in [0.29, 0.717) is 0 Å². The Kier molecular flexibility index (Phi) is 4.79. The maximum atomic E-state index is 11.9. The van der Waals surface area contributed by atoms with Crippen LogP contribution >= 0.6 is 23.4 Å². The van der Waals surface area contributed by atoms with Crippen LogP contribution < -0.4 is 5.73 Å². The summed E-state index contributed by atoms with van der Waals surface area (Å²) >= 11 is 5.24. The zero-order chi connectivity index (χ0) is 14.0. The molecule has 0 heterocycles. The normalized spacial score (nSPS) is 12.7. The number of nitrogens with two attached hydrogens (primary N) is 1. The summed E-state index contributed by atoms with van der Waals surface area (Å²) in [6.45, 7) is 0. The van der Waals surface area contributed by atoms with Crippen molar-refractivity contribution in [3.63, 3.8) is 0 Å². The van der Waals surface area contributed by atoms with Gasteiger partial charge in [-0.05, 0) is 30.0 Å². The van der Waals surface area contributed by atoms with Crippen LogP contribution in [0.1, 0.15) is 0 Å². The van der Waals surface area contributed by atoms with Gasteiger partial charge in [-0.1, -0.05) is 11.6 Å². The summed E-state index contributed by atoms with van der Waals surface area (Å²) < 4.78 is 59.2. The predicted octanol–water partition coefficient (Wildman–Crippen LogP) is 2.95. The SMILES string of the molecule is Nc1ccc(Cl)cc1S(=O)(=O)CCSC(F)(F)F. The smallest absolute Gasteiger partial charge is 0.398 e. The Morgan fingerprint density at radius 1 is 1.33 bits per heavy atom. The highest BCUT2D eigenvalue weighted by molar-refractivity contribution is 8.01. The van der Waals surface area contributed by atoms with Gasteiger partial charge in [0.2, 0.25) is 0 Å². The standard InChI is InChI=1S/C9H9ClF3NO2S2/c10-6-1-2-7(14)8(5-6)18(15,16)4-3-17-9(11,12)13/h1-2,5H,3-4,14H2. The Morgan fingerprint density at radius 3 is 2.50 bits per heavy atom. The predicted molar refractivity (Wildman–Crippen MR) is 66.4 cm³/mol. The van der Waals surface area contributed by atoms with Crippen LogP contribution in [-0.2, 0) is 9.84 Å². The van der Waals surface area contributed by atoms with Gasteiger partial charge in [0, 0.05) is 10.8 Å². The fraction of sp³-hybridized carbons (Fsp3) is 0.333. The van der Waals surface area contributed by atoms with Crippen LogP contribution in [0.2, 0.25) is 5.02 Å². The lowest BCUT2D eigenvalue weighted by molar-refractivity contribution is -0.0326. The van der Waals surface area contributed by atoms with Crippen molar-refractivity contribution in [3.05, 3.63) is 23.2 Å². The quantitative estimate of drug-likeness (QED) is 0.867. The number of thioether (sulfide) groups is 1. The van der Waals surface area contributed by atoms with Crippen molar-refractivity contribution in [1.29, 1.82) is 0 Å². The van der Waals surface area contributed by atoms with Crippen molar-refractivity contribution in [2.45, 2.75) is 10.4 Å². The van der Waals surface area contributed by atoms with Gasteiger partial charge < -0.3 is 5.73 Å². The van der Waals surface area contributed by atoms with Crippen LogP contribution in [0, 0.1) is 0 Å². The van der Waals surface area contributed by atoms with Gasteiger partial charge in [-0.2, -0.15) is 13.2 Å². The van der Waals surface area contributed by atoms with E-state index in [2.05, 4.69) is 0 Å². The first-order valence-corrected chi connectivity index (χ1v) is 7.62. The second kappa shape index (κ2) is 5.58. The maximum Gasteiger partial charge on any atom is 0.441 e. The van der Waals surface area contributed by atoms with E-state index >= 15 is 0 Å². The van der Waals surface area contributed by atoms with Crippen molar-refractivity contribution in [2.75, 3.05) is 17.2 Å². The van der Waals surface area contributed by atoms with Crippen LogP contribution in [0.5, 0.6) is 0 Å². The molecule has 1 aromatic carbocycles. The van der Waals surface area contributed by atoms with Crippen molar-refractivity contribution in [1.82, 2.24) is 0 Å². The highest BCUT2D eigenvalue weighted by atomic mass is 35.5. The van der Waals surface area contributed by atoms with Crippen molar-refractivity contribution >= 4 is 38.9 Å². The molecule has 0 aromatic heterocycles. The lowest BCUT2D eigenvalue weighted by Gasteiger charge is -2.09. The van der Waals surface area contributed by atoms with Crippen LogP contribution in [0.25, 0.3) is 0 Å². The number of sulfone groups is 1. The molecule has 0 aliphatic carbocycles. The minimum atomic E-state index is -4.45. The van der Waals surface area contributed by atoms with Gasteiger partial charge in [0.15, 0.2) is 9.84 Å². The van der Waals surface area contributed by atoms with Crippen LogP contribution in [0.3, 0.4) is 0 Å². The molecule has 1 aromatic rings. The van der Waals surface area contributed by atoms with E-state index in [1.165, 1.54) is 12.1 Å². The molecule has 0 unspecified atom stereocenters. The highest BCUT2D eigenvalue weighted by Gasteiger charge is 2.29. The average Bonchev–Trinajstić information content (AvgIpc) is 2.19. The molecule has 9 heteroatoms. The lowest BCUT2D eigenvalue weighted by Crippen LogP contribution is -2.13. The van der Waals surface area contributed by atoms with E-state index < -0.39 is 26.9 Å². The first kappa shape index (κ1) is 15.5. The maximum absolute atomic E-state index is 11.9. The zero-order valence-corrected chi connectivity index (χ0v) is 11.3. The molecule has 2 N–H and O–H groups in total. The molecule has 0 atom stereocenters. The minimum Gasteiger partial charge on any atom is -0.398 e. The fourth-order valence-electron chi connectivity index (χ4n) is 1.15. The summed E-state index contributed by atoms with van der Waals surface area (Å²) in [5.41, 5.74) is 0.986. The molecule has 0 aliphatic rings. The molecule has 0 bridgehead atoms. The largest absolute Gasteiger partial charge is 0.441 e. The monoisotopic (exact) mass is 319 g/mol. The molecule has 18 heavy (non-hydrogen) atoms. The molecule has 0 spiro atoms. The summed E-state index contributed by atoms with van der Waals surface area (Å²) in [6.07, 6.45) is 0. The molecular weight excluding hydrogens is 311 g/mol. The second-order valence-electron chi connectivity index (χ2n) is 3.30. The van der Waals surface area contributed by atoms with Crippen molar-refractivity contribution in [2.24, 2.45) is 0 Å². The zero-order valence-electron chi connectivity index (χ0n) is 8.87. The molecule has 1 rings (SSSR count).